The molecule has 3 heterocycles. The van der Waals surface area contributed by atoms with Gasteiger partial charge in [-0.15, -0.1) is 0 Å². The molecule has 0 fully saturated rings. The highest BCUT2D eigenvalue weighted by molar-refractivity contribution is 6.05. The Bertz CT molecular complexity index is 834. The van der Waals surface area contributed by atoms with Gasteiger partial charge in [0.2, 0.25) is 0 Å². The van der Waals surface area contributed by atoms with Crippen LogP contribution >= 0.6 is 0 Å². The maximum absolute atomic E-state index is 12.0. The fourth-order valence-corrected chi connectivity index (χ4v) is 1.91. The molecule has 0 saturated heterocycles. The molecule has 0 bridgehead atoms. The van der Waals surface area contributed by atoms with Gasteiger partial charge in [-0.3, -0.25) is 9.59 Å². The lowest BCUT2D eigenvalue weighted by molar-refractivity contribution is -0.135. The van der Waals surface area contributed by atoms with E-state index in [2.05, 4.69) is 15.4 Å². The van der Waals surface area contributed by atoms with Crippen molar-refractivity contribution >= 4 is 28.5 Å². The number of carboxylic acid groups (broad SMARTS) is 1. The molecule has 0 atom stereocenters. The van der Waals surface area contributed by atoms with Crippen molar-refractivity contribution in [3.05, 3.63) is 24.4 Å². The van der Waals surface area contributed by atoms with Crippen molar-refractivity contribution < 1.29 is 24.2 Å². The number of nitrogens with zero attached hydrogens (tertiary/aromatic N) is 3. The lowest BCUT2D eigenvalue weighted by Crippen LogP contribution is -2.30. The number of aromatic hydroxyl groups is 1. The Hall–Kier alpha value is -3.10. The topological polar surface area (TPSA) is 130 Å². The molecule has 0 saturated carbocycles. The van der Waals surface area contributed by atoms with Crippen molar-refractivity contribution in [3.8, 4) is 5.75 Å². The summed E-state index contributed by atoms with van der Waals surface area (Å²) in [5.41, 5.74) is 0.180. The highest BCUT2D eigenvalue weighted by Gasteiger charge is 2.23. The average molecular weight is 276 g/mol. The minimum Gasteiger partial charge on any atom is -0.503 e. The van der Waals surface area contributed by atoms with Crippen LogP contribution in [0.3, 0.4) is 0 Å². The van der Waals surface area contributed by atoms with Crippen molar-refractivity contribution in [2.24, 2.45) is 0 Å². The van der Waals surface area contributed by atoms with Gasteiger partial charge in [-0.25, -0.2) is 9.50 Å². The van der Waals surface area contributed by atoms with Crippen LogP contribution in [0.2, 0.25) is 0 Å². The van der Waals surface area contributed by atoms with Crippen LogP contribution in [-0.4, -0.2) is 43.2 Å². The number of rotatable bonds is 3. The van der Waals surface area contributed by atoms with E-state index in [0.717, 1.165) is 4.52 Å². The van der Waals surface area contributed by atoms with E-state index < -0.39 is 24.2 Å². The Morgan fingerprint density at radius 3 is 3.00 bits per heavy atom. The molecule has 3 N–H and O–H groups in total. The molecule has 0 radical (unpaired) electrons. The average Bonchev–Trinajstić information content (AvgIpc) is 3.03. The summed E-state index contributed by atoms with van der Waals surface area (Å²) in [5, 5.41) is 25.2. The Kier molecular flexibility index (Phi) is 2.53. The summed E-state index contributed by atoms with van der Waals surface area (Å²) < 4.78 is 6.24. The lowest BCUT2D eigenvalue weighted by atomic mass is 10.2. The van der Waals surface area contributed by atoms with Gasteiger partial charge in [-0.2, -0.15) is 5.10 Å². The predicted octanol–water partition coefficient (Wildman–Crippen LogP) is -0.00450. The van der Waals surface area contributed by atoms with Gasteiger partial charge >= 0.3 is 5.97 Å². The minimum absolute atomic E-state index is 0.0889. The van der Waals surface area contributed by atoms with Crippen molar-refractivity contribution in [1.29, 1.82) is 0 Å². The van der Waals surface area contributed by atoms with Crippen molar-refractivity contribution in [2.45, 2.75) is 0 Å². The number of carboxylic acids is 1. The maximum atomic E-state index is 12.0. The fourth-order valence-electron chi connectivity index (χ4n) is 1.91. The number of amides is 1. The van der Waals surface area contributed by atoms with Crippen LogP contribution in [0, 0.1) is 0 Å². The van der Waals surface area contributed by atoms with Gasteiger partial charge in [0.15, 0.2) is 22.7 Å². The number of aliphatic carboxylic acids is 1. The van der Waals surface area contributed by atoms with E-state index in [9.17, 15) is 14.7 Å². The van der Waals surface area contributed by atoms with Crippen molar-refractivity contribution in [3.63, 3.8) is 0 Å². The summed E-state index contributed by atoms with van der Waals surface area (Å²) in [6.07, 6.45) is 2.56. The van der Waals surface area contributed by atoms with Crippen molar-refractivity contribution in [2.75, 3.05) is 6.54 Å². The summed E-state index contributed by atoms with van der Waals surface area (Å²) in [7, 11) is 0. The first-order valence-corrected chi connectivity index (χ1v) is 5.51. The number of hydrogen-bond donors (Lipinski definition) is 3. The molecule has 20 heavy (non-hydrogen) atoms. The Morgan fingerprint density at radius 1 is 1.45 bits per heavy atom. The molecule has 102 valence electrons. The fraction of sp³-hybridized carbons (Fsp3) is 0.0909. The molecule has 0 aliphatic heterocycles. The number of furan rings is 1. The molecule has 0 spiro atoms. The summed E-state index contributed by atoms with van der Waals surface area (Å²) in [4.78, 5) is 26.4. The molecule has 0 aromatic carbocycles. The monoisotopic (exact) mass is 276 g/mol. The zero-order chi connectivity index (χ0) is 14.3. The normalized spacial score (nSPS) is 11.0. The van der Waals surface area contributed by atoms with Crippen LogP contribution in [-0.2, 0) is 4.79 Å². The molecule has 3 rings (SSSR count). The maximum Gasteiger partial charge on any atom is 0.322 e. The van der Waals surface area contributed by atoms with E-state index in [1.54, 1.807) is 6.07 Å². The second kappa shape index (κ2) is 4.23. The largest absolute Gasteiger partial charge is 0.503 e. The van der Waals surface area contributed by atoms with Crippen LogP contribution in [0.5, 0.6) is 5.75 Å². The molecule has 0 aliphatic carbocycles. The van der Waals surface area contributed by atoms with Crippen LogP contribution < -0.4 is 5.32 Å². The van der Waals surface area contributed by atoms with Gasteiger partial charge < -0.3 is 19.9 Å². The Morgan fingerprint density at radius 2 is 2.25 bits per heavy atom. The third kappa shape index (κ3) is 1.64. The van der Waals surface area contributed by atoms with Gasteiger partial charge in [-0.1, -0.05) is 0 Å². The second-order valence-corrected chi connectivity index (χ2v) is 3.93. The summed E-state index contributed by atoms with van der Waals surface area (Å²) in [6.45, 7) is -0.579. The number of nitrogens with one attached hydrogen (secondary N) is 1. The van der Waals surface area contributed by atoms with E-state index in [-0.39, 0.29) is 11.3 Å². The smallest absolute Gasteiger partial charge is 0.322 e. The van der Waals surface area contributed by atoms with E-state index in [1.165, 1.54) is 12.6 Å². The molecule has 9 heteroatoms. The van der Waals surface area contributed by atoms with Crippen LogP contribution in [0.1, 0.15) is 10.5 Å². The molecular weight excluding hydrogens is 268 g/mol. The summed E-state index contributed by atoms with van der Waals surface area (Å²) >= 11 is 0. The standard InChI is InChI=1S/C11H8N4O5/c16-6(17)3-12-11(19)7-8(18)9-5(1-2-20-9)10-13-4-14-15(7)10/h1-2,4,18H,3H2,(H,12,19)(H,16,17). The molecule has 9 nitrogen and oxygen atoms in total. The third-order valence-corrected chi connectivity index (χ3v) is 2.72. The number of aromatic nitrogens is 3. The van der Waals surface area contributed by atoms with E-state index in [0.29, 0.717) is 11.0 Å². The van der Waals surface area contributed by atoms with E-state index >= 15 is 0 Å². The third-order valence-electron chi connectivity index (χ3n) is 2.72. The van der Waals surface area contributed by atoms with Crippen LogP contribution in [0.15, 0.2) is 23.1 Å². The Labute approximate surface area is 110 Å². The summed E-state index contributed by atoms with van der Waals surface area (Å²) in [6, 6.07) is 1.58. The van der Waals surface area contributed by atoms with E-state index in [4.69, 9.17) is 9.52 Å². The number of fused-ring (bicyclic) bond motifs is 3. The molecule has 1 amide bonds. The minimum atomic E-state index is -1.20. The van der Waals surface area contributed by atoms with Gasteiger partial charge in [0.1, 0.15) is 12.9 Å². The van der Waals surface area contributed by atoms with Crippen molar-refractivity contribution in [1.82, 2.24) is 19.9 Å². The van der Waals surface area contributed by atoms with Crippen LogP contribution in [0.4, 0.5) is 0 Å². The zero-order valence-corrected chi connectivity index (χ0v) is 9.90. The van der Waals surface area contributed by atoms with Gasteiger partial charge in [0, 0.05) is 0 Å². The quantitative estimate of drug-likeness (QED) is 0.613. The first-order valence-electron chi connectivity index (χ1n) is 5.51. The highest BCUT2D eigenvalue weighted by atomic mass is 16.4. The SMILES string of the molecule is O=C(O)CNC(=O)c1c(O)c2occc2c2ncnn12. The number of carbonyl (C=O) groups is 2. The number of hydrogen-bond acceptors (Lipinski definition) is 6. The van der Waals surface area contributed by atoms with Crippen LogP contribution in [0.25, 0.3) is 16.6 Å². The zero-order valence-electron chi connectivity index (χ0n) is 9.90. The molecule has 0 aliphatic rings. The molecule has 3 aromatic heterocycles. The van der Waals surface area contributed by atoms with Gasteiger partial charge in [-0.05, 0) is 6.07 Å². The second-order valence-electron chi connectivity index (χ2n) is 3.93. The highest BCUT2D eigenvalue weighted by Crippen LogP contribution is 2.31. The number of carbonyl (C=O) groups excluding carboxylic acids is 1. The predicted molar refractivity (Wildman–Crippen MR) is 64.4 cm³/mol. The lowest BCUT2D eigenvalue weighted by Gasteiger charge is -2.07. The number of pyridine rings is 1. The first kappa shape index (κ1) is 12.0. The van der Waals surface area contributed by atoms with Gasteiger partial charge in [0.25, 0.3) is 5.91 Å². The molecular formula is C11H8N4O5. The Balaban J connectivity index is 2.21. The molecule has 3 aromatic rings. The van der Waals surface area contributed by atoms with E-state index in [1.807, 2.05) is 0 Å². The summed E-state index contributed by atoms with van der Waals surface area (Å²) in [5.74, 6) is -2.42. The first-order chi connectivity index (χ1) is 9.59. The molecule has 0 unspecified atom stereocenters. The van der Waals surface area contributed by atoms with Gasteiger partial charge in [0.05, 0.1) is 11.6 Å².